The van der Waals surface area contributed by atoms with Crippen LogP contribution in [0.5, 0.6) is 0 Å². The molecule has 0 aliphatic heterocycles. The summed E-state index contributed by atoms with van der Waals surface area (Å²) in [5.41, 5.74) is 3.71. The largest absolute Gasteiger partial charge is 0.115 e. The first-order valence-electron chi connectivity index (χ1n) is 6.14. The fourth-order valence-electron chi connectivity index (χ4n) is 1.92. The van der Waals surface area contributed by atoms with Crippen LogP contribution in [-0.4, -0.2) is 0 Å². The van der Waals surface area contributed by atoms with E-state index in [2.05, 4.69) is 49.3 Å². The Kier molecular flexibility index (Phi) is 5.89. The average molecular weight is 224 g/mol. The van der Waals surface area contributed by atoms with E-state index in [0.717, 1.165) is 24.8 Å². The van der Waals surface area contributed by atoms with Crippen LogP contribution in [0, 0.1) is 12.3 Å². The molecule has 1 aromatic rings. The number of terminal acetylenes is 1. The Balaban J connectivity index is 2.49. The normalized spacial score (nSPS) is 12.3. The van der Waals surface area contributed by atoms with Crippen LogP contribution in [0.1, 0.15) is 32.3 Å². The first-order chi connectivity index (χ1) is 8.31. The molecule has 0 amide bonds. The van der Waals surface area contributed by atoms with Crippen molar-refractivity contribution < 1.29 is 0 Å². The van der Waals surface area contributed by atoms with Crippen LogP contribution in [0.3, 0.4) is 0 Å². The molecule has 0 fully saturated rings. The van der Waals surface area contributed by atoms with Crippen LogP contribution in [0.15, 0.2) is 53.6 Å². The Morgan fingerprint density at radius 2 is 1.88 bits per heavy atom. The summed E-state index contributed by atoms with van der Waals surface area (Å²) >= 11 is 0. The van der Waals surface area contributed by atoms with Crippen LogP contribution in [0.25, 0.3) is 0 Å². The first kappa shape index (κ1) is 13.3. The minimum atomic E-state index is 1.03. The van der Waals surface area contributed by atoms with Gasteiger partial charge in [-0.15, -0.1) is 6.42 Å². The van der Waals surface area contributed by atoms with Gasteiger partial charge < -0.3 is 0 Å². The predicted octanol–water partition coefficient (Wildman–Crippen LogP) is 4.54. The number of benzene rings is 1. The predicted molar refractivity (Wildman–Crippen MR) is 75.7 cm³/mol. The van der Waals surface area contributed by atoms with Gasteiger partial charge in [-0.05, 0) is 44.2 Å². The van der Waals surface area contributed by atoms with Gasteiger partial charge in [-0.3, -0.25) is 0 Å². The van der Waals surface area contributed by atoms with Gasteiger partial charge in [-0.2, -0.15) is 0 Å². The molecule has 0 radical (unpaired) electrons. The maximum atomic E-state index is 5.48. The molecule has 0 N–H and O–H groups in total. The molecule has 0 nitrogen and oxygen atoms in total. The lowest BCUT2D eigenvalue weighted by atomic mass is 9.98. The van der Waals surface area contributed by atoms with E-state index in [-0.39, 0.29) is 0 Å². The molecule has 0 heteroatoms. The van der Waals surface area contributed by atoms with Gasteiger partial charge in [0.25, 0.3) is 0 Å². The first-order valence-corrected chi connectivity index (χ1v) is 6.14. The van der Waals surface area contributed by atoms with Crippen LogP contribution in [0.4, 0.5) is 0 Å². The summed E-state index contributed by atoms with van der Waals surface area (Å²) in [7, 11) is 0. The lowest BCUT2D eigenvalue weighted by Gasteiger charge is -2.06. The smallest absolute Gasteiger partial charge is 0.0228 e. The Hall–Kier alpha value is -1.74. The third kappa shape index (κ3) is 4.33. The minimum absolute atomic E-state index is 1.03. The number of aryl methyl sites for hydroxylation is 1. The second-order valence-corrected chi connectivity index (χ2v) is 4.00. The highest BCUT2D eigenvalue weighted by Gasteiger charge is 2.01. The van der Waals surface area contributed by atoms with Crippen molar-refractivity contribution >= 4 is 0 Å². The summed E-state index contributed by atoms with van der Waals surface area (Å²) in [5.74, 6) is 2.74. The van der Waals surface area contributed by atoms with Crippen molar-refractivity contribution in [1.29, 1.82) is 0 Å². The van der Waals surface area contributed by atoms with Crippen molar-refractivity contribution in [2.45, 2.75) is 33.1 Å². The number of hydrogen-bond acceptors (Lipinski definition) is 0. The van der Waals surface area contributed by atoms with Crippen molar-refractivity contribution in [3.8, 4) is 12.3 Å². The standard InChI is InChI=1S/C17H20/c1-4-16(5-2)17(6-3)14-10-13-15-11-8-7-9-12-15/h1,5-9,11-12H,10,13-14H2,2-3H3/b16-5-,17-6-. The van der Waals surface area contributed by atoms with Crippen molar-refractivity contribution in [2.24, 2.45) is 0 Å². The molecule has 0 spiro atoms. The molecule has 0 saturated heterocycles. The fourth-order valence-corrected chi connectivity index (χ4v) is 1.92. The van der Waals surface area contributed by atoms with Gasteiger partial charge in [0.05, 0.1) is 0 Å². The van der Waals surface area contributed by atoms with Crippen molar-refractivity contribution in [2.75, 3.05) is 0 Å². The molecule has 0 bridgehead atoms. The molecule has 88 valence electrons. The maximum absolute atomic E-state index is 5.48. The Morgan fingerprint density at radius 1 is 1.18 bits per heavy atom. The third-order valence-electron chi connectivity index (χ3n) is 2.89. The topological polar surface area (TPSA) is 0 Å². The molecule has 0 unspecified atom stereocenters. The van der Waals surface area contributed by atoms with Crippen LogP contribution in [-0.2, 0) is 6.42 Å². The number of hydrogen-bond donors (Lipinski definition) is 0. The fraction of sp³-hybridized carbons (Fsp3) is 0.294. The molecular formula is C17H20. The van der Waals surface area contributed by atoms with Gasteiger partial charge in [-0.25, -0.2) is 0 Å². The van der Waals surface area contributed by atoms with Gasteiger partial charge in [0.2, 0.25) is 0 Å². The van der Waals surface area contributed by atoms with Gasteiger partial charge in [0.15, 0.2) is 0 Å². The van der Waals surface area contributed by atoms with E-state index in [0.29, 0.717) is 0 Å². The molecule has 1 aromatic carbocycles. The third-order valence-corrected chi connectivity index (χ3v) is 2.89. The average Bonchev–Trinajstić information content (AvgIpc) is 2.39. The van der Waals surface area contributed by atoms with Crippen molar-refractivity contribution in [1.82, 2.24) is 0 Å². The Morgan fingerprint density at radius 3 is 2.41 bits per heavy atom. The van der Waals surface area contributed by atoms with E-state index in [1.807, 2.05) is 13.0 Å². The molecule has 0 aliphatic carbocycles. The van der Waals surface area contributed by atoms with Crippen molar-refractivity contribution in [3.05, 3.63) is 59.2 Å². The zero-order valence-electron chi connectivity index (χ0n) is 10.7. The second kappa shape index (κ2) is 7.52. The van der Waals surface area contributed by atoms with Crippen molar-refractivity contribution in [3.63, 3.8) is 0 Å². The Bertz CT molecular complexity index is 427. The van der Waals surface area contributed by atoms with E-state index in [1.54, 1.807) is 0 Å². The van der Waals surface area contributed by atoms with E-state index in [9.17, 15) is 0 Å². The molecule has 0 aromatic heterocycles. The Labute approximate surface area is 105 Å². The summed E-state index contributed by atoms with van der Waals surface area (Å²) in [4.78, 5) is 0. The zero-order valence-corrected chi connectivity index (χ0v) is 10.7. The summed E-state index contributed by atoms with van der Waals surface area (Å²) < 4.78 is 0. The monoisotopic (exact) mass is 224 g/mol. The molecule has 17 heavy (non-hydrogen) atoms. The van der Waals surface area contributed by atoms with Crippen LogP contribution < -0.4 is 0 Å². The quantitative estimate of drug-likeness (QED) is 0.509. The lowest BCUT2D eigenvalue weighted by Crippen LogP contribution is -1.91. The maximum Gasteiger partial charge on any atom is 0.0228 e. The molecule has 0 heterocycles. The van der Waals surface area contributed by atoms with Gasteiger partial charge in [0, 0.05) is 5.57 Å². The summed E-state index contributed by atoms with van der Waals surface area (Å²) in [5, 5.41) is 0. The van der Waals surface area contributed by atoms with Gasteiger partial charge in [-0.1, -0.05) is 48.4 Å². The van der Waals surface area contributed by atoms with Crippen LogP contribution >= 0.6 is 0 Å². The van der Waals surface area contributed by atoms with E-state index in [4.69, 9.17) is 6.42 Å². The molecule has 0 atom stereocenters. The number of rotatable bonds is 5. The van der Waals surface area contributed by atoms with E-state index < -0.39 is 0 Å². The highest BCUT2D eigenvalue weighted by atomic mass is 14.0. The molecular weight excluding hydrogens is 204 g/mol. The van der Waals surface area contributed by atoms with E-state index >= 15 is 0 Å². The molecule has 0 saturated carbocycles. The SMILES string of the molecule is C#CC(=C/C)/C(=C\C)CCCc1ccccc1. The van der Waals surface area contributed by atoms with Gasteiger partial charge >= 0.3 is 0 Å². The summed E-state index contributed by atoms with van der Waals surface area (Å²) in [6.07, 6.45) is 12.9. The van der Waals surface area contributed by atoms with Crippen LogP contribution in [0.2, 0.25) is 0 Å². The minimum Gasteiger partial charge on any atom is -0.115 e. The number of allylic oxidation sites excluding steroid dienone is 4. The molecule has 1 rings (SSSR count). The van der Waals surface area contributed by atoms with Gasteiger partial charge in [0.1, 0.15) is 0 Å². The lowest BCUT2D eigenvalue weighted by molar-refractivity contribution is 0.818. The molecule has 0 aliphatic rings. The summed E-state index contributed by atoms with van der Waals surface area (Å²) in [6, 6.07) is 10.6. The second-order valence-electron chi connectivity index (χ2n) is 4.00. The highest BCUT2D eigenvalue weighted by molar-refractivity contribution is 5.43. The summed E-state index contributed by atoms with van der Waals surface area (Å²) in [6.45, 7) is 4.05. The highest BCUT2D eigenvalue weighted by Crippen LogP contribution is 2.17. The van der Waals surface area contributed by atoms with E-state index in [1.165, 1.54) is 11.1 Å². The zero-order chi connectivity index (χ0) is 12.5.